The lowest BCUT2D eigenvalue weighted by Crippen LogP contribution is -2.12. The fourth-order valence-corrected chi connectivity index (χ4v) is 2.04. The number of esters is 1. The van der Waals surface area contributed by atoms with E-state index in [2.05, 4.69) is 32.9 Å². The average Bonchev–Trinajstić information content (AvgIpc) is 2.70. The van der Waals surface area contributed by atoms with E-state index < -0.39 is 6.29 Å². The molecular formula is C17H26O3. The number of ether oxygens (including phenoxy) is 2. The smallest absolute Gasteiger partial charge is 0.336 e. The summed E-state index contributed by atoms with van der Waals surface area (Å²) in [6.45, 7) is 8.81. The third-order valence-electron chi connectivity index (χ3n) is 3.15. The zero-order valence-corrected chi connectivity index (χ0v) is 13.1. The SMILES string of the molecule is CCO[C@@H]1C=C(CCC=C(C)CCC=C(C)C)C(=O)O1. The van der Waals surface area contributed by atoms with Crippen LogP contribution in [0.1, 0.15) is 53.4 Å². The first-order valence-electron chi connectivity index (χ1n) is 7.35. The summed E-state index contributed by atoms with van der Waals surface area (Å²) >= 11 is 0. The number of cyclic esters (lactones) is 1. The van der Waals surface area contributed by atoms with Crippen molar-refractivity contribution < 1.29 is 14.3 Å². The van der Waals surface area contributed by atoms with Crippen LogP contribution in [0.3, 0.4) is 0 Å². The maximum atomic E-state index is 11.6. The predicted octanol–water partition coefficient (Wildman–Crippen LogP) is 4.31. The van der Waals surface area contributed by atoms with Crippen molar-refractivity contribution in [2.45, 2.75) is 59.7 Å². The highest BCUT2D eigenvalue weighted by molar-refractivity contribution is 5.90. The Kier molecular flexibility index (Phi) is 7.31. The van der Waals surface area contributed by atoms with Gasteiger partial charge < -0.3 is 9.47 Å². The van der Waals surface area contributed by atoms with Crippen molar-refractivity contribution in [3.05, 3.63) is 34.9 Å². The van der Waals surface area contributed by atoms with E-state index in [1.54, 1.807) is 6.08 Å². The summed E-state index contributed by atoms with van der Waals surface area (Å²) in [4.78, 5) is 11.6. The van der Waals surface area contributed by atoms with E-state index in [1.807, 2.05) is 6.92 Å². The molecule has 112 valence electrons. The highest BCUT2D eigenvalue weighted by Crippen LogP contribution is 2.20. The summed E-state index contributed by atoms with van der Waals surface area (Å²) in [7, 11) is 0. The van der Waals surface area contributed by atoms with E-state index in [-0.39, 0.29) is 5.97 Å². The predicted molar refractivity (Wildman–Crippen MR) is 81.2 cm³/mol. The van der Waals surface area contributed by atoms with Gasteiger partial charge in [0.25, 0.3) is 0 Å². The Morgan fingerprint density at radius 1 is 1.30 bits per heavy atom. The van der Waals surface area contributed by atoms with E-state index in [0.717, 1.165) is 31.3 Å². The van der Waals surface area contributed by atoms with Crippen molar-refractivity contribution in [1.29, 1.82) is 0 Å². The molecule has 20 heavy (non-hydrogen) atoms. The van der Waals surface area contributed by atoms with Gasteiger partial charge in [0, 0.05) is 12.2 Å². The van der Waals surface area contributed by atoms with Gasteiger partial charge in [-0.25, -0.2) is 4.79 Å². The molecule has 1 atom stereocenters. The van der Waals surface area contributed by atoms with Crippen LogP contribution in [0.15, 0.2) is 34.9 Å². The van der Waals surface area contributed by atoms with E-state index >= 15 is 0 Å². The van der Waals surface area contributed by atoms with Crippen LogP contribution < -0.4 is 0 Å². The minimum atomic E-state index is -0.481. The van der Waals surface area contributed by atoms with E-state index in [9.17, 15) is 4.79 Å². The summed E-state index contributed by atoms with van der Waals surface area (Å²) in [6.07, 6.45) is 9.53. The van der Waals surface area contributed by atoms with Gasteiger partial charge in [0.05, 0.1) is 0 Å². The molecule has 3 nitrogen and oxygen atoms in total. The van der Waals surface area contributed by atoms with Crippen LogP contribution in [-0.2, 0) is 14.3 Å². The number of rotatable bonds is 8. The summed E-state index contributed by atoms with van der Waals surface area (Å²) < 4.78 is 10.3. The van der Waals surface area contributed by atoms with Gasteiger partial charge >= 0.3 is 5.97 Å². The number of allylic oxidation sites excluding steroid dienone is 4. The molecular weight excluding hydrogens is 252 g/mol. The molecule has 0 aliphatic carbocycles. The van der Waals surface area contributed by atoms with Crippen molar-refractivity contribution in [2.75, 3.05) is 6.61 Å². The van der Waals surface area contributed by atoms with Gasteiger partial charge in [0.2, 0.25) is 6.29 Å². The van der Waals surface area contributed by atoms with Crippen molar-refractivity contribution in [3.63, 3.8) is 0 Å². The molecule has 0 aromatic heterocycles. The van der Waals surface area contributed by atoms with Crippen LogP contribution in [0.4, 0.5) is 0 Å². The molecule has 3 heteroatoms. The Labute approximate surface area is 122 Å². The van der Waals surface area contributed by atoms with E-state index in [4.69, 9.17) is 9.47 Å². The quantitative estimate of drug-likeness (QED) is 0.490. The van der Waals surface area contributed by atoms with Crippen molar-refractivity contribution in [2.24, 2.45) is 0 Å². The van der Waals surface area contributed by atoms with Gasteiger partial charge in [0.15, 0.2) is 0 Å². The van der Waals surface area contributed by atoms with Crippen molar-refractivity contribution >= 4 is 5.97 Å². The molecule has 0 fully saturated rings. The highest BCUT2D eigenvalue weighted by Gasteiger charge is 2.24. The van der Waals surface area contributed by atoms with Crippen LogP contribution in [0.25, 0.3) is 0 Å². The summed E-state index contributed by atoms with van der Waals surface area (Å²) in [5.74, 6) is -0.237. The molecule has 0 spiro atoms. The van der Waals surface area contributed by atoms with Gasteiger partial charge in [-0.15, -0.1) is 0 Å². The third kappa shape index (κ3) is 6.20. The molecule has 1 rings (SSSR count). The molecule has 0 N–H and O–H groups in total. The van der Waals surface area contributed by atoms with Crippen LogP contribution >= 0.6 is 0 Å². The average molecular weight is 278 g/mol. The Balaban J connectivity index is 2.34. The maximum Gasteiger partial charge on any atom is 0.336 e. The van der Waals surface area contributed by atoms with Crippen LogP contribution in [-0.4, -0.2) is 18.9 Å². The van der Waals surface area contributed by atoms with Gasteiger partial charge in [-0.1, -0.05) is 23.3 Å². The second-order valence-corrected chi connectivity index (χ2v) is 5.33. The first-order chi connectivity index (χ1) is 9.52. The molecule has 0 bridgehead atoms. The third-order valence-corrected chi connectivity index (χ3v) is 3.15. The number of hydrogen-bond donors (Lipinski definition) is 0. The molecule has 1 heterocycles. The summed E-state index contributed by atoms with van der Waals surface area (Å²) in [5, 5.41) is 0. The molecule has 0 saturated heterocycles. The summed E-state index contributed by atoms with van der Waals surface area (Å²) in [6, 6.07) is 0. The zero-order chi connectivity index (χ0) is 15.0. The Morgan fingerprint density at radius 3 is 2.70 bits per heavy atom. The molecule has 0 aromatic carbocycles. The van der Waals surface area contributed by atoms with E-state index in [1.165, 1.54) is 11.1 Å². The maximum absolute atomic E-state index is 11.6. The minimum absolute atomic E-state index is 0.237. The molecule has 0 radical (unpaired) electrons. The Morgan fingerprint density at radius 2 is 2.05 bits per heavy atom. The molecule has 0 unspecified atom stereocenters. The first-order valence-corrected chi connectivity index (χ1v) is 7.35. The van der Waals surface area contributed by atoms with Crippen LogP contribution in [0, 0.1) is 0 Å². The normalized spacial score (nSPS) is 18.8. The van der Waals surface area contributed by atoms with Crippen molar-refractivity contribution in [1.82, 2.24) is 0 Å². The number of carbonyl (C=O) groups excluding carboxylic acids is 1. The fourth-order valence-electron chi connectivity index (χ4n) is 2.04. The lowest BCUT2D eigenvalue weighted by Gasteiger charge is -2.05. The highest BCUT2D eigenvalue weighted by atomic mass is 16.7. The summed E-state index contributed by atoms with van der Waals surface area (Å²) in [5.41, 5.74) is 3.46. The number of hydrogen-bond acceptors (Lipinski definition) is 3. The van der Waals surface area contributed by atoms with Crippen LogP contribution in [0.2, 0.25) is 0 Å². The molecule has 1 aliphatic rings. The van der Waals surface area contributed by atoms with Gasteiger partial charge in [-0.3, -0.25) is 0 Å². The minimum Gasteiger partial charge on any atom is -0.429 e. The lowest BCUT2D eigenvalue weighted by atomic mass is 10.1. The first kappa shape index (κ1) is 16.7. The molecule has 1 aliphatic heterocycles. The number of carbonyl (C=O) groups is 1. The molecule has 0 aromatic rings. The largest absolute Gasteiger partial charge is 0.429 e. The lowest BCUT2D eigenvalue weighted by molar-refractivity contribution is -0.158. The molecule has 0 saturated carbocycles. The van der Waals surface area contributed by atoms with Gasteiger partial charge in [-0.2, -0.15) is 0 Å². The topological polar surface area (TPSA) is 35.5 Å². The zero-order valence-electron chi connectivity index (χ0n) is 13.1. The monoisotopic (exact) mass is 278 g/mol. The van der Waals surface area contributed by atoms with Crippen molar-refractivity contribution in [3.8, 4) is 0 Å². The fraction of sp³-hybridized carbons (Fsp3) is 0.588. The second-order valence-electron chi connectivity index (χ2n) is 5.33. The standard InChI is InChI=1S/C17H26O3/c1-5-19-16-12-15(17(18)20-16)11-7-10-14(4)9-6-8-13(2)3/h8,10,12,16H,5-7,9,11H2,1-4H3/t16-/m0/s1. The Bertz CT molecular complexity index is 412. The molecule has 0 amide bonds. The van der Waals surface area contributed by atoms with E-state index in [0.29, 0.717) is 6.61 Å². The second kappa shape index (κ2) is 8.75. The van der Waals surface area contributed by atoms with Gasteiger partial charge in [-0.05, 0) is 59.5 Å². The van der Waals surface area contributed by atoms with Gasteiger partial charge in [0.1, 0.15) is 0 Å². The Hall–Kier alpha value is -1.35. The van der Waals surface area contributed by atoms with Crippen LogP contribution in [0.5, 0.6) is 0 Å².